The van der Waals surface area contributed by atoms with Crippen molar-refractivity contribution in [2.24, 2.45) is 5.92 Å². The molecule has 0 aromatic heterocycles. The number of benzene rings is 1. The predicted molar refractivity (Wildman–Crippen MR) is 80.0 cm³/mol. The van der Waals surface area contributed by atoms with Gasteiger partial charge in [0.15, 0.2) is 0 Å². The van der Waals surface area contributed by atoms with Gasteiger partial charge in [0, 0.05) is 35.8 Å². The third-order valence-corrected chi connectivity index (χ3v) is 4.30. The number of hydrogen-bond acceptors (Lipinski definition) is 2. The first-order chi connectivity index (χ1) is 8.81. The van der Waals surface area contributed by atoms with E-state index >= 15 is 0 Å². The first-order valence-electron chi connectivity index (χ1n) is 7.05. The van der Waals surface area contributed by atoms with E-state index in [2.05, 4.69) is 50.4 Å². The van der Waals surface area contributed by atoms with Gasteiger partial charge in [-0.15, -0.1) is 0 Å². The summed E-state index contributed by atoms with van der Waals surface area (Å²) in [5, 5.41) is 3.52. The molecule has 2 aliphatic carbocycles. The standard InChI is InChI=1S/C15H21BrN2/c16-13-2-1-3-14(10-13)17-8-9-18(15-6-7-15)11-12-4-5-12/h1-3,10,12,15,17H,4-9,11H2. The van der Waals surface area contributed by atoms with Crippen LogP contribution in [0.1, 0.15) is 25.7 Å². The second-order valence-corrected chi connectivity index (χ2v) is 6.52. The lowest BCUT2D eigenvalue weighted by Crippen LogP contribution is -2.33. The molecule has 0 amide bonds. The van der Waals surface area contributed by atoms with Crippen molar-refractivity contribution >= 4 is 21.6 Å². The van der Waals surface area contributed by atoms with E-state index in [1.807, 2.05) is 0 Å². The number of rotatable bonds is 7. The lowest BCUT2D eigenvalue weighted by Gasteiger charge is -2.22. The Hall–Kier alpha value is -0.540. The molecule has 0 aliphatic heterocycles. The van der Waals surface area contributed by atoms with Crippen molar-refractivity contribution in [3.63, 3.8) is 0 Å². The molecule has 0 spiro atoms. The van der Waals surface area contributed by atoms with Gasteiger partial charge in [0.1, 0.15) is 0 Å². The second-order valence-electron chi connectivity index (χ2n) is 5.61. The van der Waals surface area contributed by atoms with Crippen molar-refractivity contribution < 1.29 is 0 Å². The molecular weight excluding hydrogens is 288 g/mol. The van der Waals surface area contributed by atoms with Gasteiger partial charge < -0.3 is 5.32 Å². The minimum absolute atomic E-state index is 0.898. The number of halogens is 1. The normalized spacial score (nSPS) is 19.2. The summed E-state index contributed by atoms with van der Waals surface area (Å²) in [5.41, 5.74) is 1.21. The SMILES string of the molecule is Brc1cccc(NCCN(CC2CC2)C2CC2)c1. The third kappa shape index (κ3) is 3.72. The minimum atomic E-state index is 0.898. The van der Waals surface area contributed by atoms with Crippen LogP contribution in [0.15, 0.2) is 28.7 Å². The second kappa shape index (κ2) is 5.62. The smallest absolute Gasteiger partial charge is 0.0351 e. The minimum Gasteiger partial charge on any atom is -0.384 e. The summed E-state index contributed by atoms with van der Waals surface area (Å²) >= 11 is 3.51. The van der Waals surface area contributed by atoms with Gasteiger partial charge in [0.25, 0.3) is 0 Å². The van der Waals surface area contributed by atoms with Crippen molar-refractivity contribution in [2.45, 2.75) is 31.7 Å². The summed E-state index contributed by atoms with van der Waals surface area (Å²) < 4.78 is 1.14. The molecule has 1 aromatic rings. The molecule has 1 N–H and O–H groups in total. The fourth-order valence-electron chi connectivity index (χ4n) is 2.44. The molecule has 3 rings (SSSR count). The molecule has 3 heteroatoms. The van der Waals surface area contributed by atoms with E-state index in [0.717, 1.165) is 23.0 Å². The highest BCUT2D eigenvalue weighted by Gasteiger charge is 2.33. The fourth-order valence-corrected chi connectivity index (χ4v) is 2.84. The maximum atomic E-state index is 3.52. The Morgan fingerprint density at radius 3 is 2.72 bits per heavy atom. The zero-order valence-electron chi connectivity index (χ0n) is 10.7. The Balaban J connectivity index is 1.44. The van der Waals surface area contributed by atoms with Crippen LogP contribution in [0, 0.1) is 5.92 Å². The predicted octanol–water partition coefficient (Wildman–Crippen LogP) is 3.74. The molecule has 0 saturated heterocycles. The van der Waals surface area contributed by atoms with E-state index in [4.69, 9.17) is 0 Å². The molecule has 0 heterocycles. The van der Waals surface area contributed by atoms with Crippen LogP contribution in [-0.4, -0.2) is 30.6 Å². The van der Waals surface area contributed by atoms with Crippen LogP contribution in [0.3, 0.4) is 0 Å². The lowest BCUT2D eigenvalue weighted by atomic mass is 10.3. The molecule has 0 bridgehead atoms. The number of hydrogen-bond donors (Lipinski definition) is 1. The molecule has 0 radical (unpaired) electrons. The van der Waals surface area contributed by atoms with E-state index in [1.54, 1.807) is 0 Å². The van der Waals surface area contributed by atoms with Gasteiger partial charge in [0.05, 0.1) is 0 Å². The van der Waals surface area contributed by atoms with Crippen LogP contribution in [-0.2, 0) is 0 Å². The molecule has 1 aromatic carbocycles. The van der Waals surface area contributed by atoms with Crippen molar-refractivity contribution in [3.8, 4) is 0 Å². The summed E-state index contributed by atoms with van der Waals surface area (Å²) in [5.74, 6) is 1.01. The Morgan fingerprint density at radius 2 is 2.06 bits per heavy atom. The molecule has 2 saturated carbocycles. The zero-order chi connectivity index (χ0) is 12.4. The van der Waals surface area contributed by atoms with Crippen LogP contribution in [0.4, 0.5) is 5.69 Å². The van der Waals surface area contributed by atoms with E-state index < -0.39 is 0 Å². The van der Waals surface area contributed by atoms with Gasteiger partial charge in [-0.2, -0.15) is 0 Å². The molecule has 2 aliphatic rings. The van der Waals surface area contributed by atoms with Gasteiger partial charge in [-0.3, -0.25) is 4.90 Å². The first-order valence-corrected chi connectivity index (χ1v) is 7.84. The van der Waals surface area contributed by atoms with E-state index in [0.29, 0.717) is 0 Å². The van der Waals surface area contributed by atoms with Crippen molar-refractivity contribution in [1.82, 2.24) is 4.90 Å². The van der Waals surface area contributed by atoms with Crippen LogP contribution in [0.5, 0.6) is 0 Å². The highest BCUT2D eigenvalue weighted by molar-refractivity contribution is 9.10. The summed E-state index contributed by atoms with van der Waals surface area (Å²) in [7, 11) is 0. The molecule has 2 fully saturated rings. The summed E-state index contributed by atoms with van der Waals surface area (Å²) in [6, 6.07) is 9.31. The molecule has 2 nitrogen and oxygen atoms in total. The van der Waals surface area contributed by atoms with Gasteiger partial charge in [-0.1, -0.05) is 22.0 Å². The Morgan fingerprint density at radius 1 is 1.22 bits per heavy atom. The van der Waals surface area contributed by atoms with Crippen LogP contribution in [0.2, 0.25) is 0 Å². The van der Waals surface area contributed by atoms with Crippen molar-refractivity contribution in [2.75, 3.05) is 25.0 Å². The van der Waals surface area contributed by atoms with Crippen LogP contribution >= 0.6 is 15.9 Å². The maximum absolute atomic E-state index is 3.52. The fraction of sp³-hybridized carbons (Fsp3) is 0.600. The van der Waals surface area contributed by atoms with Crippen molar-refractivity contribution in [1.29, 1.82) is 0 Å². The summed E-state index contributed by atoms with van der Waals surface area (Å²) in [4.78, 5) is 2.70. The largest absolute Gasteiger partial charge is 0.384 e. The average molecular weight is 309 g/mol. The third-order valence-electron chi connectivity index (χ3n) is 3.81. The number of nitrogens with one attached hydrogen (secondary N) is 1. The van der Waals surface area contributed by atoms with E-state index in [9.17, 15) is 0 Å². The summed E-state index contributed by atoms with van der Waals surface area (Å²) in [6.07, 6.45) is 5.76. The summed E-state index contributed by atoms with van der Waals surface area (Å²) in [6.45, 7) is 3.58. The first kappa shape index (κ1) is 12.5. The Bertz CT molecular complexity index is 399. The van der Waals surface area contributed by atoms with E-state index in [-0.39, 0.29) is 0 Å². The number of anilines is 1. The molecule has 0 atom stereocenters. The average Bonchev–Trinajstić information content (AvgIpc) is 3.22. The Kier molecular flexibility index (Phi) is 3.90. The van der Waals surface area contributed by atoms with E-state index in [1.165, 1.54) is 44.5 Å². The van der Waals surface area contributed by atoms with Crippen LogP contribution in [0.25, 0.3) is 0 Å². The topological polar surface area (TPSA) is 15.3 Å². The van der Waals surface area contributed by atoms with Gasteiger partial charge in [-0.25, -0.2) is 0 Å². The zero-order valence-corrected chi connectivity index (χ0v) is 12.3. The number of nitrogens with zero attached hydrogens (tertiary/aromatic N) is 1. The highest BCUT2D eigenvalue weighted by atomic mass is 79.9. The molecule has 0 unspecified atom stereocenters. The van der Waals surface area contributed by atoms with Crippen LogP contribution < -0.4 is 5.32 Å². The molecular formula is C15H21BrN2. The highest BCUT2D eigenvalue weighted by Crippen LogP contribution is 2.34. The lowest BCUT2D eigenvalue weighted by molar-refractivity contribution is 0.262. The quantitative estimate of drug-likeness (QED) is 0.825. The maximum Gasteiger partial charge on any atom is 0.0351 e. The monoisotopic (exact) mass is 308 g/mol. The Labute approximate surface area is 118 Å². The molecule has 98 valence electrons. The van der Waals surface area contributed by atoms with Gasteiger partial charge in [-0.05, 0) is 49.8 Å². The van der Waals surface area contributed by atoms with Crippen molar-refractivity contribution in [3.05, 3.63) is 28.7 Å². The van der Waals surface area contributed by atoms with Gasteiger partial charge >= 0.3 is 0 Å². The van der Waals surface area contributed by atoms with Gasteiger partial charge in [0.2, 0.25) is 0 Å². The molecule has 18 heavy (non-hydrogen) atoms.